The zero-order valence-electron chi connectivity index (χ0n) is 1.99. The predicted octanol–water partition coefficient (Wildman–Crippen LogP) is -4.76. The minimum absolute atomic E-state index is 0. The molecule has 0 aliphatic heterocycles. The van der Waals surface area contributed by atoms with Crippen molar-refractivity contribution in [3.05, 3.63) is 0 Å². The van der Waals surface area contributed by atoms with Gasteiger partial charge in [0, 0.05) is 0 Å². The molecule has 0 unspecified atom stereocenters. The van der Waals surface area contributed by atoms with E-state index in [1.807, 2.05) is 0 Å². The molecule has 0 saturated carbocycles. The zero-order chi connectivity index (χ0) is 4.00. The molecule has 0 N–H and O–H groups in total. The average molecular weight is 165 g/mol. The van der Waals surface area contributed by atoms with Crippen LogP contribution >= 0.6 is 0 Å². The summed E-state index contributed by atoms with van der Waals surface area (Å²) in [5.74, 6) is 0. The van der Waals surface area contributed by atoms with E-state index in [0.717, 1.165) is 0 Å². The van der Waals surface area contributed by atoms with E-state index in [1.54, 1.807) is 0 Å². The maximum absolute atomic E-state index is 7.00. The van der Waals surface area contributed by atoms with Crippen molar-refractivity contribution in [2.24, 2.45) is 0 Å². The summed E-state index contributed by atoms with van der Waals surface area (Å²) < 4.78 is 0. The van der Waals surface area contributed by atoms with E-state index in [0.29, 0.717) is 0 Å². The van der Waals surface area contributed by atoms with Crippen molar-refractivity contribution in [3.8, 4) is 0 Å². The average Bonchev–Trinajstić information content (AvgIpc) is 1.50. The molecule has 0 aromatic rings. The van der Waals surface area contributed by atoms with E-state index < -0.39 is 0 Å². The van der Waals surface area contributed by atoms with Gasteiger partial charge in [0.05, 0.1) is 0 Å². The molecule has 5 heavy (non-hydrogen) atoms. The summed E-state index contributed by atoms with van der Waals surface area (Å²) in [5, 5.41) is 28.0. The number of hydrogen-bond acceptors (Lipinski definition) is 4. The molecule has 0 aliphatic rings. The van der Waals surface area contributed by atoms with Crippen LogP contribution < -0.4 is 21.0 Å². The first-order chi connectivity index (χ1) is 2.00. The maximum Gasteiger partial charge on any atom is 4.00 e. The molecule has 4 nitrogen and oxygen atoms in total. The van der Waals surface area contributed by atoms with Gasteiger partial charge in [0.2, 0.25) is 0 Å². The van der Waals surface area contributed by atoms with Gasteiger partial charge in [0.15, 0.2) is 0 Å². The molecule has 0 atom stereocenters. The van der Waals surface area contributed by atoms with E-state index >= 15 is 0 Å². The van der Waals surface area contributed by atoms with Crippen molar-refractivity contribution in [3.63, 3.8) is 0 Å². The van der Waals surface area contributed by atoms with E-state index in [1.165, 1.54) is 0 Å². The molecule has 0 radical (unpaired) electrons. The Labute approximate surface area is 41.3 Å². The van der Waals surface area contributed by atoms with E-state index in [9.17, 15) is 0 Å². The Morgan fingerprint density at radius 3 is 0.600 bits per heavy atom. The Morgan fingerprint density at radius 2 is 0.600 bits per heavy atom. The molecular formula is O4Ru. The van der Waals surface area contributed by atoms with Crippen molar-refractivity contribution in [1.29, 1.82) is 0 Å². The van der Waals surface area contributed by atoms with Crippen LogP contribution in [0.4, 0.5) is 0 Å². The van der Waals surface area contributed by atoms with Crippen molar-refractivity contribution < 1.29 is 40.5 Å². The van der Waals surface area contributed by atoms with Gasteiger partial charge in [-0.25, -0.2) is 0 Å². The van der Waals surface area contributed by atoms with Gasteiger partial charge in [0.25, 0.3) is 0 Å². The molecule has 0 aliphatic carbocycles. The van der Waals surface area contributed by atoms with E-state index in [-0.39, 0.29) is 19.5 Å². The molecular weight excluding hydrogens is 165 g/mol. The molecule has 32 valence electrons. The molecule has 5 heteroatoms. The summed E-state index contributed by atoms with van der Waals surface area (Å²) in [4.78, 5) is 0. The van der Waals surface area contributed by atoms with Gasteiger partial charge in [-0.3, -0.25) is 0 Å². The Balaban J connectivity index is -0.0000000133. The van der Waals surface area contributed by atoms with Crippen LogP contribution in [0.15, 0.2) is 0 Å². The van der Waals surface area contributed by atoms with Gasteiger partial charge in [-0.1, -0.05) is 0 Å². The fourth-order valence-electron chi connectivity index (χ4n) is 0. The first-order valence-electron chi connectivity index (χ1n) is 0.333. The van der Waals surface area contributed by atoms with Gasteiger partial charge in [-0.15, -0.1) is 0 Å². The quantitative estimate of drug-likeness (QED) is 0.204. The molecule has 0 saturated heterocycles. The Morgan fingerprint density at radius 1 is 0.600 bits per heavy atom. The fourth-order valence-corrected chi connectivity index (χ4v) is 0. The van der Waals surface area contributed by atoms with Crippen molar-refractivity contribution >= 4 is 0 Å². The van der Waals surface area contributed by atoms with Crippen LogP contribution in [0.3, 0.4) is 0 Å². The van der Waals surface area contributed by atoms with E-state index in [2.05, 4.69) is 0 Å². The molecule has 0 aromatic heterocycles. The molecule has 0 heterocycles. The molecule has 0 amide bonds. The summed E-state index contributed by atoms with van der Waals surface area (Å²) in [6.07, 6.45) is 0. The normalized spacial score (nSPS) is 2.40. The van der Waals surface area contributed by atoms with Gasteiger partial charge >= 0.3 is 19.5 Å². The first-order valence-corrected chi connectivity index (χ1v) is 0.333. The number of rotatable bonds is 0. The second-order valence-corrected chi connectivity index (χ2v) is 0. The van der Waals surface area contributed by atoms with Crippen LogP contribution in [-0.4, -0.2) is 0 Å². The Hall–Kier alpha value is 0.463. The minimum atomic E-state index is 0. The molecule has 0 spiro atoms. The zero-order valence-corrected chi connectivity index (χ0v) is 3.72. The summed E-state index contributed by atoms with van der Waals surface area (Å²) in [5.41, 5.74) is 0. The van der Waals surface area contributed by atoms with Crippen LogP contribution in [0.25, 0.3) is 0 Å². The van der Waals surface area contributed by atoms with Gasteiger partial charge in [-0.05, 0) is 0 Å². The Bertz CT molecular complexity index is 3.61. The second-order valence-electron chi connectivity index (χ2n) is 0. The van der Waals surface area contributed by atoms with Crippen LogP contribution in [0.5, 0.6) is 0 Å². The Kier molecular flexibility index (Phi) is 894. The first kappa shape index (κ1) is 17.9. The van der Waals surface area contributed by atoms with Crippen LogP contribution in [0.1, 0.15) is 0 Å². The van der Waals surface area contributed by atoms with Gasteiger partial charge in [-0.2, -0.15) is 0 Å². The summed E-state index contributed by atoms with van der Waals surface area (Å²) >= 11 is 0. The third-order valence-electron chi connectivity index (χ3n) is 0. The smallest absolute Gasteiger partial charge is 1.00 e. The SMILES string of the molecule is [O-][O-].[O-][O-].[Ru+4]. The van der Waals surface area contributed by atoms with E-state index in [4.69, 9.17) is 21.0 Å². The minimum Gasteiger partial charge on any atom is -1.00 e. The predicted molar refractivity (Wildman–Crippen MR) is 0 cm³/mol. The number of hydrogen-bond donors (Lipinski definition) is 0. The summed E-state index contributed by atoms with van der Waals surface area (Å²) in [7, 11) is 0. The molecule has 0 aromatic carbocycles. The topological polar surface area (TPSA) is 92.2 Å². The fraction of sp³-hybridized carbons (Fsp3) is 0. The monoisotopic (exact) mass is 166 g/mol. The van der Waals surface area contributed by atoms with Crippen molar-refractivity contribution in [1.82, 2.24) is 0 Å². The van der Waals surface area contributed by atoms with Crippen molar-refractivity contribution in [2.45, 2.75) is 0 Å². The van der Waals surface area contributed by atoms with Crippen LogP contribution in [0.2, 0.25) is 0 Å². The third-order valence-corrected chi connectivity index (χ3v) is 0. The molecule has 0 fully saturated rings. The standard InChI is InChI=1S/2O2.Ru/c2*1-2;/q2*-2;+4. The van der Waals surface area contributed by atoms with Crippen LogP contribution in [-0.2, 0) is 19.5 Å². The van der Waals surface area contributed by atoms with Gasteiger partial charge < -0.3 is 21.0 Å². The summed E-state index contributed by atoms with van der Waals surface area (Å²) in [6, 6.07) is 0. The second kappa shape index (κ2) is 249. The van der Waals surface area contributed by atoms with Gasteiger partial charge in [0.1, 0.15) is 0 Å². The largest absolute Gasteiger partial charge is 4.00 e. The van der Waals surface area contributed by atoms with Crippen LogP contribution in [0, 0.1) is 0 Å². The maximum atomic E-state index is 7.00. The van der Waals surface area contributed by atoms with Crippen molar-refractivity contribution in [2.75, 3.05) is 0 Å². The third kappa shape index (κ3) is 126. The molecule has 0 bridgehead atoms. The molecule has 0 rings (SSSR count). The summed E-state index contributed by atoms with van der Waals surface area (Å²) in [6.45, 7) is 0.